The fraction of sp³-hybridized carbons (Fsp3) is 0.433. The Hall–Kier alpha value is -3.05. The summed E-state index contributed by atoms with van der Waals surface area (Å²) < 4.78 is 18.1. The quantitative estimate of drug-likeness (QED) is 0.521. The molecule has 3 heterocycles. The normalized spacial score (nSPS) is 32.6. The first kappa shape index (κ1) is 21.3. The standard InChI is InChI=1S/C30H32NO4/c1-3-29(14-8-9-20(2)17-29)31(21-10-4-5-11-21)24-13-7-6-12-22(24)30(28(31)32)18-33-25-16-27-26(15-23(25)30)34-19-35-27/h6-9,12-13,15-17,21H,3-5,10-11,14,18-19H2,1-2H3/q+1. The molecule has 1 fully saturated rings. The van der Waals surface area contributed by atoms with Gasteiger partial charge in [-0.25, -0.2) is 9.28 Å². The van der Waals surface area contributed by atoms with Gasteiger partial charge in [0.15, 0.2) is 16.9 Å². The molecule has 5 aliphatic rings. The average molecular weight is 471 g/mol. The molecule has 35 heavy (non-hydrogen) atoms. The molecule has 5 heteroatoms. The summed E-state index contributed by atoms with van der Waals surface area (Å²) in [5.74, 6) is 2.40. The van der Waals surface area contributed by atoms with Gasteiger partial charge in [0.2, 0.25) is 6.79 Å². The molecule has 7 rings (SSSR count). The number of benzene rings is 2. The fourth-order valence-corrected chi connectivity index (χ4v) is 7.89. The third kappa shape index (κ3) is 2.45. The summed E-state index contributed by atoms with van der Waals surface area (Å²) in [4.78, 5) is 15.5. The molecule has 180 valence electrons. The Morgan fingerprint density at radius 2 is 1.77 bits per heavy atom. The summed E-state index contributed by atoms with van der Waals surface area (Å²) >= 11 is 0. The number of quaternary nitrogens is 1. The van der Waals surface area contributed by atoms with Gasteiger partial charge in [-0.3, -0.25) is 0 Å². The number of amides is 1. The average Bonchev–Trinajstić information content (AvgIpc) is 3.66. The molecule has 0 saturated heterocycles. The molecule has 1 amide bonds. The van der Waals surface area contributed by atoms with E-state index in [4.69, 9.17) is 14.2 Å². The van der Waals surface area contributed by atoms with Crippen molar-refractivity contribution in [2.75, 3.05) is 13.4 Å². The molecular formula is C30H32NO4+. The number of ether oxygens (including phenoxy) is 3. The van der Waals surface area contributed by atoms with Crippen LogP contribution in [0.25, 0.3) is 0 Å². The van der Waals surface area contributed by atoms with Gasteiger partial charge in [0, 0.05) is 48.9 Å². The van der Waals surface area contributed by atoms with E-state index in [2.05, 4.69) is 56.3 Å². The number of carbonyl (C=O) groups is 1. The Bertz CT molecular complexity index is 1310. The van der Waals surface area contributed by atoms with Gasteiger partial charge in [-0.1, -0.05) is 37.3 Å². The lowest BCUT2D eigenvalue weighted by Crippen LogP contribution is -2.73. The van der Waals surface area contributed by atoms with Crippen molar-refractivity contribution in [3.05, 3.63) is 71.3 Å². The van der Waals surface area contributed by atoms with Gasteiger partial charge in [0.1, 0.15) is 29.6 Å². The highest BCUT2D eigenvalue weighted by Crippen LogP contribution is 2.62. The van der Waals surface area contributed by atoms with E-state index < -0.39 is 5.41 Å². The van der Waals surface area contributed by atoms with E-state index in [1.165, 1.54) is 24.1 Å². The van der Waals surface area contributed by atoms with Gasteiger partial charge in [-0.2, -0.15) is 0 Å². The van der Waals surface area contributed by atoms with E-state index in [1.54, 1.807) is 0 Å². The summed E-state index contributed by atoms with van der Waals surface area (Å²) in [6.07, 6.45) is 13.2. The molecule has 3 unspecified atom stereocenters. The molecule has 1 saturated carbocycles. The molecule has 0 N–H and O–H groups in total. The predicted molar refractivity (Wildman–Crippen MR) is 135 cm³/mol. The monoisotopic (exact) mass is 470 g/mol. The van der Waals surface area contributed by atoms with Crippen LogP contribution < -0.4 is 18.7 Å². The minimum atomic E-state index is -0.847. The topological polar surface area (TPSA) is 44.8 Å². The Labute approximate surface area is 206 Å². The maximum Gasteiger partial charge on any atom is 0.338 e. The summed E-state index contributed by atoms with van der Waals surface area (Å²) in [5, 5.41) is 0. The summed E-state index contributed by atoms with van der Waals surface area (Å²) in [6, 6.07) is 12.8. The smallest absolute Gasteiger partial charge is 0.338 e. The second-order valence-electron chi connectivity index (χ2n) is 10.8. The minimum Gasteiger partial charge on any atom is -0.491 e. The van der Waals surface area contributed by atoms with Crippen LogP contribution in [0.1, 0.15) is 63.5 Å². The van der Waals surface area contributed by atoms with Crippen LogP contribution in [0.3, 0.4) is 0 Å². The SMILES string of the molecule is CCC1([N+]2(C3CCCC3)C(=O)C3(COc4cc5c(cc43)OCO5)c3ccccc32)C=C(C)C=CC1. The summed E-state index contributed by atoms with van der Waals surface area (Å²) in [5.41, 5.74) is 3.27. The first-order valence-corrected chi connectivity index (χ1v) is 13.0. The molecule has 3 aliphatic heterocycles. The molecule has 2 aliphatic carbocycles. The van der Waals surface area contributed by atoms with Gasteiger partial charge in [-0.05, 0) is 37.5 Å². The van der Waals surface area contributed by atoms with Crippen molar-refractivity contribution in [2.24, 2.45) is 0 Å². The number of hydrogen-bond donors (Lipinski definition) is 0. The van der Waals surface area contributed by atoms with Gasteiger partial charge in [-0.15, -0.1) is 0 Å². The lowest BCUT2D eigenvalue weighted by Gasteiger charge is -2.52. The van der Waals surface area contributed by atoms with Gasteiger partial charge in [0.25, 0.3) is 0 Å². The zero-order valence-corrected chi connectivity index (χ0v) is 20.5. The van der Waals surface area contributed by atoms with Crippen LogP contribution in [0.2, 0.25) is 0 Å². The second kappa shape index (κ2) is 7.23. The van der Waals surface area contributed by atoms with Gasteiger partial charge < -0.3 is 14.2 Å². The predicted octanol–water partition coefficient (Wildman–Crippen LogP) is 5.94. The third-order valence-corrected chi connectivity index (χ3v) is 9.34. The number of hydrogen-bond acceptors (Lipinski definition) is 4. The van der Waals surface area contributed by atoms with E-state index in [9.17, 15) is 0 Å². The van der Waals surface area contributed by atoms with Crippen LogP contribution in [0.5, 0.6) is 17.2 Å². The molecule has 5 nitrogen and oxygen atoms in total. The van der Waals surface area contributed by atoms with Crippen molar-refractivity contribution in [1.29, 1.82) is 0 Å². The van der Waals surface area contributed by atoms with Crippen LogP contribution in [0.4, 0.5) is 5.69 Å². The number of fused-ring (bicyclic) bond motifs is 5. The molecule has 0 bridgehead atoms. The Balaban J connectivity index is 1.54. The highest BCUT2D eigenvalue weighted by molar-refractivity contribution is 6.09. The van der Waals surface area contributed by atoms with Crippen LogP contribution in [0, 0.1) is 0 Å². The van der Waals surface area contributed by atoms with Crippen molar-refractivity contribution >= 4 is 11.6 Å². The van der Waals surface area contributed by atoms with E-state index in [-0.39, 0.29) is 24.3 Å². The maximum atomic E-state index is 15.5. The highest BCUT2D eigenvalue weighted by Gasteiger charge is 2.73. The lowest BCUT2D eigenvalue weighted by molar-refractivity contribution is -0.140. The van der Waals surface area contributed by atoms with E-state index in [0.717, 1.165) is 42.6 Å². The molecule has 2 aromatic rings. The maximum absolute atomic E-state index is 15.5. The number of allylic oxidation sites excluding steroid dienone is 2. The zero-order chi connectivity index (χ0) is 23.8. The molecular weight excluding hydrogens is 438 g/mol. The van der Waals surface area contributed by atoms with E-state index in [1.807, 2.05) is 12.1 Å². The minimum absolute atomic E-state index is 0.202. The van der Waals surface area contributed by atoms with E-state index in [0.29, 0.717) is 22.6 Å². The van der Waals surface area contributed by atoms with Crippen molar-refractivity contribution in [1.82, 2.24) is 4.48 Å². The van der Waals surface area contributed by atoms with E-state index >= 15 is 4.79 Å². The first-order valence-electron chi connectivity index (χ1n) is 13.0. The first-order chi connectivity index (χ1) is 17.1. The van der Waals surface area contributed by atoms with Crippen molar-refractivity contribution in [2.45, 2.75) is 69.4 Å². The molecule has 0 radical (unpaired) electrons. The highest BCUT2D eigenvalue weighted by atomic mass is 16.7. The van der Waals surface area contributed by atoms with Crippen LogP contribution in [-0.2, 0) is 10.2 Å². The van der Waals surface area contributed by atoms with Gasteiger partial charge >= 0.3 is 5.91 Å². The fourth-order valence-electron chi connectivity index (χ4n) is 7.89. The summed E-state index contributed by atoms with van der Waals surface area (Å²) in [7, 11) is 0. The van der Waals surface area contributed by atoms with Crippen LogP contribution in [-0.4, -0.2) is 30.9 Å². The zero-order valence-electron chi connectivity index (χ0n) is 20.5. The third-order valence-electron chi connectivity index (χ3n) is 9.34. The largest absolute Gasteiger partial charge is 0.491 e. The summed E-state index contributed by atoms with van der Waals surface area (Å²) in [6.45, 7) is 4.96. The van der Waals surface area contributed by atoms with Crippen molar-refractivity contribution in [3.8, 4) is 17.2 Å². The number of nitrogens with zero attached hydrogens (tertiary/aromatic N) is 1. The molecule has 2 aromatic carbocycles. The van der Waals surface area contributed by atoms with Crippen molar-refractivity contribution in [3.63, 3.8) is 0 Å². The van der Waals surface area contributed by atoms with Crippen LogP contribution in [0.15, 0.2) is 60.2 Å². The van der Waals surface area contributed by atoms with Gasteiger partial charge in [0.05, 0.1) is 0 Å². The second-order valence-corrected chi connectivity index (χ2v) is 10.8. The molecule has 3 atom stereocenters. The Morgan fingerprint density at radius 3 is 2.54 bits per heavy atom. The number of carbonyl (C=O) groups excluding carboxylic acids is 1. The number of rotatable bonds is 3. The molecule has 0 aromatic heterocycles. The Kier molecular flexibility index (Phi) is 4.39. The van der Waals surface area contributed by atoms with Crippen molar-refractivity contribution < 1.29 is 19.0 Å². The Morgan fingerprint density at radius 1 is 1.00 bits per heavy atom. The molecule has 1 spiro atoms. The van der Waals surface area contributed by atoms with Crippen LogP contribution >= 0.6 is 0 Å². The lowest BCUT2D eigenvalue weighted by atomic mass is 9.75. The number of para-hydroxylation sites is 1.